The lowest BCUT2D eigenvalue weighted by Crippen LogP contribution is -2.14. The standard InChI is InChI=1S/C16H8Cl3N3O3/c17-11-2-1-9(13(19)6-11)5-10(8-20)16(23)21-14-4-3-12(18)7-15(14)22(24)25/h1-7H,(H,21,23)/b10-5+. The summed E-state index contributed by atoms with van der Waals surface area (Å²) in [6.45, 7) is 0. The number of nitrogens with one attached hydrogen (secondary N) is 1. The topological polar surface area (TPSA) is 96.0 Å². The number of rotatable bonds is 4. The van der Waals surface area contributed by atoms with Crippen molar-refractivity contribution in [2.45, 2.75) is 0 Å². The maximum Gasteiger partial charge on any atom is 0.294 e. The van der Waals surface area contributed by atoms with Crippen molar-refractivity contribution < 1.29 is 9.72 Å². The maximum absolute atomic E-state index is 12.3. The third-order valence-corrected chi connectivity index (χ3v) is 3.83. The number of benzene rings is 2. The molecule has 0 bridgehead atoms. The molecule has 9 heteroatoms. The molecule has 1 amide bonds. The van der Waals surface area contributed by atoms with Gasteiger partial charge in [0.2, 0.25) is 0 Å². The van der Waals surface area contributed by atoms with E-state index in [0.29, 0.717) is 10.6 Å². The molecular weight excluding hydrogens is 389 g/mol. The van der Waals surface area contributed by atoms with Gasteiger partial charge in [-0.05, 0) is 35.9 Å². The van der Waals surface area contributed by atoms with Gasteiger partial charge in [-0.3, -0.25) is 14.9 Å². The Morgan fingerprint density at radius 3 is 2.40 bits per heavy atom. The normalized spacial score (nSPS) is 10.9. The fourth-order valence-electron chi connectivity index (χ4n) is 1.87. The van der Waals surface area contributed by atoms with E-state index < -0.39 is 10.8 Å². The summed E-state index contributed by atoms with van der Waals surface area (Å²) in [5.41, 5.74) is -0.345. The minimum Gasteiger partial charge on any atom is -0.316 e. The molecule has 0 fully saturated rings. The van der Waals surface area contributed by atoms with Crippen LogP contribution in [0.4, 0.5) is 11.4 Å². The van der Waals surface area contributed by atoms with Crippen LogP contribution in [0, 0.1) is 21.4 Å². The number of carbonyl (C=O) groups excluding carboxylic acids is 1. The molecule has 0 aliphatic carbocycles. The number of amides is 1. The number of anilines is 1. The minimum absolute atomic E-state index is 0.0808. The van der Waals surface area contributed by atoms with Crippen molar-refractivity contribution >= 4 is 58.2 Å². The van der Waals surface area contributed by atoms with Gasteiger partial charge in [0.05, 0.1) is 4.92 Å². The van der Waals surface area contributed by atoms with Gasteiger partial charge >= 0.3 is 0 Å². The first-order valence-electron chi connectivity index (χ1n) is 6.64. The Hall–Kier alpha value is -2.59. The lowest BCUT2D eigenvalue weighted by atomic mass is 10.1. The summed E-state index contributed by atoms with van der Waals surface area (Å²) in [7, 11) is 0. The van der Waals surface area contributed by atoms with Gasteiger partial charge in [0.15, 0.2) is 0 Å². The van der Waals surface area contributed by atoms with E-state index in [4.69, 9.17) is 34.8 Å². The second kappa shape index (κ2) is 7.99. The molecule has 0 aliphatic rings. The zero-order valence-electron chi connectivity index (χ0n) is 12.3. The number of carbonyl (C=O) groups is 1. The van der Waals surface area contributed by atoms with Gasteiger partial charge < -0.3 is 5.32 Å². The Balaban J connectivity index is 2.34. The quantitative estimate of drug-likeness (QED) is 0.336. The van der Waals surface area contributed by atoms with Gasteiger partial charge in [-0.2, -0.15) is 5.26 Å². The first-order valence-corrected chi connectivity index (χ1v) is 7.77. The molecule has 2 aromatic carbocycles. The summed E-state index contributed by atoms with van der Waals surface area (Å²) in [6, 6.07) is 10.1. The van der Waals surface area contributed by atoms with E-state index >= 15 is 0 Å². The van der Waals surface area contributed by atoms with Crippen LogP contribution in [0.5, 0.6) is 0 Å². The zero-order valence-corrected chi connectivity index (χ0v) is 14.6. The molecule has 126 valence electrons. The van der Waals surface area contributed by atoms with Crippen LogP contribution in [0.1, 0.15) is 5.56 Å². The van der Waals surface area contributed by atoms with E-state index in [1.54, 1.807) is 18.2 Å². The van der Waals surface area contributed by atoms with Gasteiger partial charge in [-0.1, -0.05) is 40.9 Å². The molecule has 0 aliphatic heterocycles. The van der Waals surface area contributed by atoms with Crippen LogP contribution >= 0.6 is 34.8 Å². The molecule has 0 aromatic heterocycles. The monoisotopic (exact) mass is 395 g/mol. The number of hydrogen-bond acceptors (Lipinski definition) is 4. The average Bonchev–Trinajstić information content (AvgIpc) is 2.55. The highest BCUT2D eigenvalue weighted by Crippen LogP contribution is 2.28. The first-order chi connectivity index (χ1) is 11.8. The Morgan fingerprint density at radius 2 is 1.80 bits per heavy atom. The maximum atomic E-state index is 12.3. The van der Waals surface area contributed by atoms with E-state index in [9.17, 15) is 20.2 Å². The van der Waals surface area contributed by atoms with Crippen molar-refractivity contribution in [3.63, 3.8) is 0 Å². The van der Waals surface area contributed by atoms with Gasteiger partial charge in [0.1, 0.15) is 17.3 Å². The molecule has 0 spiro atoms. The lowest BCUT2D eigenvalue weighted by molar-refractivity contribution is -0.383. The Bertz CT molecular complexity index is 936. The van der Waals surface area contributed by atoms with Crippen molar-refractivity contribution in [2.24, 2.45) is 0 Å². The van der Waals surface area contributed by atoms with E-state index in [1.165, 1.54) is 24.3 Å². The second-order valence-corrected chi connectivity index (χ2v) is 5.99. The summed E-state index contributed by atoms with van der Waals surface area (Å²) < 4.78 is 0. The van der Waals surface area contributed by atoms with Crippen molar-refractivity contribution in [3.8, 4) is 6.07 Å². The molecular formula is C16H8Cl3N3O3. The number of nitriles is 1. The van der Waals surface area contributed by atoms with Crippen LogP contribution < -0.4 is 5.32 Å². The largest absolute Gasteiger partial charge is 0.316 e. The molecule has 0 saturated carbocycles. The second-order valence-electron chi connectivity index (χ2n) is 4.71. The summed E-state index contributed by atoms with van der Waals surface area (Å²) in [6.07, 6.45) is 1.26. The molecule has 2 aromatic rings. The van der Waals surface area contributed by atoms with Crippen LogP contribution in [0.25, 0.3) is 6.08 Å². The molecule has 0 saturated heterocycles. The van der Waals surface area contributed by atoms with Crippen LogP contribution in [-0.2, 0) is 4.79 Å². The molecule has 0 atom stereocenters. The van der Waals surface area contributed by atoms with Gasteiger partial charge in [0.25, 0.3) is 11.6 Å². The number of nitrogens with zero attached hydrogens (tertiary/aromatic N) is 2. The number of halogens is 3. The highest BCUT2D eigenvalue weighted by molar-refractivity contribution is 6.35. The first kappa shape index (κ1) is 18.7. The summed E-state index contributed by atoms with van der Waals surface area (Å²) >= 11 is 17.5. The number of nitro groups is 1. The highest BCUT2D eigenvalue weighted by atomic mass is 35.5. The SMILES string of the molecule is N#C/C(=C\c1ccc(Cl)cc1Cl)C(=O)Nc1ccc(Cl)cc1[N+](=O)[O-]. The lowest BCUT2D eigenvalue weighted by Gasteiger charge is -2.06. The molecule has 0 unspecified atom stereocenters. The molecule has 25 heavy (non-hydrogen) atoms. The Labute approximate surface area is 157 Å². The van der Waals surface area contributed by atoms with Crippen molar-refractivity contribution in [2.75, 3.05) is 5.32 Å². The zero-order chi connectivity index (χ0) is 18.6. The van der Waals surface area contributed by atoms with E-state index in [2.05, 4.69) is 5.32 Å². The fourth-order valence-corrected chi connectivity index (χ4v) is 2.50. The Kier molecular flexibility index (Phi) is 5.99. The van der Waals surface area contributed by atoms with Crippen LogP contribution in [0.3, 0.4) is 0 Å². The van der Waals surface area contributed by atoms with E-state index in [1.807, 2.05) is 0 Å². The van der Waals surface area contributed by atoms with Gasteiger partial charge in [-0.15, -0.1) is 0 Å². The van der Waals surface area contributed by atoms with Crippen molar-refractivity contribution in [1.29, 1.82) is 5.26 Å². The number of hydrogen-bond donors (Lipinski definition) is 1. The molecule has 2 rings (SSSR count). The van der Waals surface area contributed by atoms with Crippen molar-refractivity contribution in [3.05, 3.63) is 72.7 Å². The van der Waals surface area contributed by atoms with Crippen LogP contribution in [0.15, 0.2) is 42.0 Å². The van der Waals surface area contributed by atoms with Crippen molar-refractivity contribution in [1.82, 2.24) is 0 Å². The van der Waals surface area contributed by atoms with E-state index in [0.717, 1.165) is 6.07 Å². The Morgan fingerprint density at radius 1 is 1.16 bits per heavy atom. The average molecular weight is 397 g/mol. The fraction of sp³-hybridized carbons (Fsp3) is 0. The molecule has 0 radical (unpaired) electrons. The summed E-state index contributed by atoms with van der Waals surface area (Å²) in [5, 5.41) is 23.4. The van der Waals surface area contributed by atoms with Crippen LogP contribution in [-0.4, -0.2) is 10.8 Å². The summed E-state index contributed by atoms with van der Waals surface area (Å²) in [4.78, 5) is 22.6. The third kappa shape index (κ3) is 4.70. The predicted octanol–water partition coefficient (Wildman–Crippen LogP) is 5.10. The predicted molar refractivity (Wildman–Crippen MR) is 96.8 cm³/mol. The van der Waals surface area contributed by atoms with Crippen LogP contribution in [0.2, 0.25) is 15.1 Å². The molecule has 1 N–H and O–H groups in total. The third-order valence-electron chi connectivity index (χ3n) is 3.03. The number of nitro benzene ring substituents is 1. The van der Waals surface area contributed by atoms with Gasteiger partial charge in [0, 0.05) is 21.1 Å². The van der Waals surface area contributed by atoms with E-state index in [-0.39, 0.29) is 27.0 Å². The van der Waals surface area contributed by atoms with Gasteiger partial charge in [-0.25, -0.2) is 0 Å². The smallest absolute Gasteiger partial charge is 0.294 e. The minimum atomic E-state index is -0.820. The highest BCUT2D eigenvalue weighted by Gasteiger charge is 2.18. The molecule has 6 nitrogen and oxygen atoms in total. The molecule has 0 heterocycles. The summed E-state index contributed by atoms with van der Waals surface area (Å²) in [5.74, 6) is -0.820.